The lowest BCUT2D eigenvalue weighted by atomic mass is 10.2. The third kappa shape index (κ3) is 4.76. The molecule has 1 aromatic heterocycles. The van der Waals surface area contributed by atoms with E-state index in [2.05, 4.69) is 22.5 Å². The molecule has 0 bridgehead atoms. The maximum atomic E-state index is 12.0. The van der Waals surface area contributed by atoms with E-state index >= 15 is 0 Å². The largest absolute Gasteiger partial charge is 0.350 e. The molecule has 2 heterocycles. The molecule has 2 N–H and O–H groups in total. The first-order valence-electron chi connectivity index (χ1n) is 6.59. The maximum absolute atomic E-state index is 12.0. The Balaban J connectivity index is 0.00000180. The molecule has 0 unspecified atom stereocenters. The summed E-state index contributed by atoms with van der Waals surface area (Å²) in [6, 6.07) is 2.04. The molecule has 1 aliphatic heterocycles. The van der Waals surface area contributed by atoms with Gasteiger partial charge in [0.15, 0.2) is 0 Å². The van der Waals surface area contributed by atoms with Crippen molar-refractivity contribution >= 4 is 29.7 Å². The number of carbonyl (C=O) groups excluding carboxylic acids is 1. The second kappa shape index (κ2) is 8.53. The highest BCUT2D eigenvalue weighted by Gasteiger charge is 2.13. The molecule has 1 aliphatic rings. The van der Waals surface area contributed by atoms with Crippen LogP contribution in [0.5, 0.6) is 0 Å². The van der Waals surface area contributed by atoms with Gasteiger partial charge in [-0.25, -0.2) is 0 Å². The number of rotatable bonds is 5. The van der Waals surface area contributed by atoms with E-state index in [0.29, 0.717) is 0 Å². The van der Waals surface area contributed by atoms with Crippen molar-refractivity contribution in [2.45, 2.75) is 13.3 Å². The summed E-state index contributed by atoms with van der Waals surface area (Å²) < 4.78 is 0. The van der Waals surface area contributed by atoms with E-state index in [1.54, 1.807) is 0 Å². The molecule has 1 amide bonds. The first-order chi connectivity index (χ1) is 8.81. The van der Waals surface area contributed by atoms with Crippen molar-refractivity contribution in [1.29, 1.82) is 0 Å². The summed E-state index contributed by atoms with van der Waals surface area (Å²) in [4.78, 5) is 15.2. The van der Waals surface area contributed by atoms with Crippen molar-refractivity contribution in [3.8, 4) is 0 Å². The minimum Gasteiger partial charge on any atom is -0.350 e. The molecule has 1 fully saturated rings. The standard InChI is InChI=1S/C13H21N3OS.ClH/c1-2-11-3-10-18-12(11)13(17)15-6-9-16-7-4-14-5-8-16;/h3,10,14H,2,4-9H2,1H3,(H,15,17);1H. The molecule has 4 nitrogen and oxygen atoms in total. The summed E-state index contributed by atoms with van der Waals surface area (Å²) in [6.45, 7) is 8.03. The van der Waals surface area contributed by atoms with Crippen molar-refractivity contribution in [1.82, 2.24) is 15.5 Å². The van der Waals surface area contributed by atoms with Crippen LogP contribution in [0.15, 0.2) is 11.4 Å². The Kier molecular flexibility index (Phi) is 7.38. The summed E-state index contributed by atoms with van der Waals surface area (Å²) in [7, 11) is 0. The summed E-state index contributed by atoms with van der Waals surface area (Å²) in [6.07, 6.45) is 0.921. The molecular formula is C13H22ClN3OS. The molecule has 0 atom stereocenters. The molecule has 6 heteroatoms. The van der Waals surface area contributed by atoms with Crippen LogP contribution in [-0.2, 0) is 6.42 Å². The van der Waals surface area contributed by atoms with Gasteiger partial charge in [-0.05, 0) is 23.4 Å². The van der Waals surface area contributed by atoms with E-state index in [4.69, 9.17) is 0 Å². The van der Waals surface area contributed by atoms with E-state index in [-0.39, 0.29) is 18.3 Å². The van der Waals surface area contributed by atoms with Gasteiger partial charge in [0.05, 0.1) is 4.88 Å². The zero-order chi connectivity index (χ0) is 12.8. The number of aryl methyl sites for hydroxylation is 1. The van der Waals surface area contributed by atoms with Crippen LogP contribution < -0.4 is 10.6 Å². The average molecular weight is 304 g/mol. The minimum atomic E-state index is 0. The third-order valence-electron chi connectivity index (χ3n) is 3.26. The fourth-order valence-corrected chi connectivity index (χ4v) is 3.07. The van der Waals surface area contributed by atoms with Gasteiger partial charge in [0.25, 0.3) is 5.91 Å². The van der Waals surface area contributed by atoms with Gasteiger partial charge in [0.2, 0.25) is 0 Å². The number of piperazine rings is 1. The molecule has 0 saturated carbocycles. The highest BCUT2D eigenvalue weighted by molar-refractivity contribution is 7.12. The van der Waals surface area contributed by atoms with Gasteiger partial charge in [0, 0.05) is 39.3 Å². The minimum absolute atomic E-state index is 0. The Morgan fingerprint density at radius 2 is 2.21 bits per heavy atom. The molecule has 1 saturated heterocycles. The van der Waals surface area contributed by atoms with Crippen molar-refractivity contribution in [3.05, 3.63) is 21.9 Å². The number of nitrogens with zero attached hydrogens (tertiary/aromatic N) is 1. The van der Waals surface area contributed by atoms with Crippen LogP contribution in [0, 0.1) is 0 Å². The van der Waals surface area contributed by atoms with Gasteiger partial charge in [-0.3, -0.25) is 9.69 Å². The Morgan fingerprint density at radius 1 is 1.47 bits per heavy atom. The second-order valence-electron chi connectivity index (χ2n) is 4.48. The Morgan fingerprint density at radius 3 is 2.89 bits per heavy atom. The van der Waals surface area contributed by atoms with E-state index < -0.39 is 0 Å². The van der Waals surface area contributed by atoms with E-state index in [9.17, 15) is 4.79 Å². The molecule has 0 radical (unpaired) electrons. The fraction of sp³-hybridized carbons (Fsp3) is 0.615. The molecule has 2 rings (SSSR count). The molecule has 1 aromatic rings. The molecule has 108 valence electrons. The lowest BCUT2D eigenvalue weighted by Gasteiger charge is -2.27. The lowest BCUT2D eigenvalue weighted by Crippen LogP contribution is -2.46. The van der Waals surface area contributed by atoms with Gasteiger partial charge < -0.3 is 10.6 Å². The number of carbonyl (C=O) groups is 1. The number of amides is 1. The monoisotopic (exact) mass is 303 g/mol. The van der Waals surface area contributed by atoms with Crippen LogP contribution in [0.3, 0.4) is 0 Å². The smallest absolute Gasteiger partial charge is 0.261 e. The van der Waals surface area contributed by atoms with E-state index in [1.807, 2.05) is 11.4 Å². The number of nitrogens with one attached hydrogen (secondary N) is 2. The van der Waals surface area contributed by atoms with Gasteiger partial charge in [0.1, 0.15) is 0 Å². The summed E-state index contributed by atoms with van der Waals surface area (Å²) in [5, 5.41) is 8.33. The molecule has 0 spiro atoms. The number of thiophene rings is 1. The highest BCUT2D eigenvalue weighted by atomic mass is 35.5. The number of hydrogen-bond donors (Lipinski definition) is 2. The first-order valence-corrected chi connectivity index (χ1v) is 7.47. The van der Waals surface area contributed by atoms with Crippen molar-refractivity contribution in [3.63, 3.8) is 0 Å². The van der Waals surface area contributed by atoms with Crippen molar-refractivity contribution in [2.75, 3.05) is 39.3 Å². The number of halogens is 1. The number of hydrogen-bond acceptors (Lipinski definition) is 4. The SMILES string of the molecule is CCc1ccsc1C(=O)NCCN1CCNCC1.Cl. The summed E-state index contributed by atoms with van der Waals surface area (Å²) >= 11 is 1.53. The molecule has 0 aromatic carbocycles. The topological polar surface area (TPSA) is 44.4 Å². The highest BCUT2D eigenvalue weighted by Crippen LogP contribution is 2.16. The van der Waals surface area contributed by atoms with Crippen LogP contribution >= 0.6 is 23.7 Å². The van der Waals surface area contributed by atoms with E-state index in [1.165, 1.54) is 11.3 Å². The second-order valence-corrected chi connectivity index (χ2v) is 5.39. The molecular weight excluding hydrogens is 282 g/mol. The predicted octanol–water partition coefficient (Wildman–Crippen LogP) is 1.37. The van der Waals surface area contributed by atoms with Crippen LogP contribution in [0.1, 0.15) is 22.2 Å². The molecule has 0 aliphatic carbocycles. The Bertz CT molecular complexity index is 391. The first kappa shape index (κ1) is 16.4. The van der Waals surface area contributed by atoms with Crippen molar-refractivity contribution in [2.24, 2.45) is 0 Å². The predicted molar refractivity (Wildman–Crippen MR) is 82.6 cm³/mol. The zero-order valence-corrected chi connectivity index (χ0v) is 12.9. The van der Waals surface area contributed by atoms with Crippen LogP contribution in [0.4, 0.5) is 0 Å². The Labute approximate surface area is 125 Å². The van der Waals surface area contributed by atoms with Crippen molar-refractivity contribution < 1.29 is 4.79 Å². The summed E-state index contributed by atoms with van der Waals surface area (Å²) in [5.74, 6) is 0.0805. The maximum Gasteiger partial charge on any atom is 0.261 e. The fourth-order valence-electron chi connectivity index (χ4n) is 2.16. The average Bonchev–Trinajstić information content (AvgIpc) is 2.88. The Hall–Kier alpha value is -0.620. The van der Waals surface area contributed by atoms with Crippen LogP contribution in [0.2, 0.25) is 0 Å². The quantitative estimate of drug-likeness (QED) is 0.863. The van der Waals surface area contributed by atoms with Gasteiger partial charge in [-0.2, -0.15) is 0 Å². The van der Waals surface area contributed by atoms with Gasteiger partial charge in [-0.1, -0.05) is 6.92 Å². The van der Waals surface area contributed by atoms with Gasteiger partial charge in [-0.15, -0.1) is 23.7 Å². The van der Waals surface area contributed by atoms with E-state index in [0.717, 1.165) is 56.1 Å². The van der Waals surface area contributed by atoms with Crippen LogP contribution in [0.25, 0.3) is 0 Å². The molecule has 19 heavy (non-hydrogen) atoms. The lowest BCUT2D eigenvalue weighted by molar-refractivity contribution is 0.0950. The normalized spacial score (nSPS) is 15.8. The van der Waals surface area contributed by atoms with Gasteiger partial charge >= 0.3 is 0 Å². The zero-order valence-electron chi connectivity index (χ0n) is 11.3. The van der Waals surface area contributed by atoms with Crippen LogP contribution in [-0.4, -0.2) is 50.1 Å². The summed E-state index contributed by atoms with van der Waals surface area (Å²) in [5.41, 5.74) is 1.15. The third-order valence-corrected chi connectivity index (χ3v) is 4.21.